The molecule has 33 heavy (non-hydrogen) atoms. The summed E-state index contributed by atoms with van der Waals surface area (Å²) < 4.78 is 1.98. The zero-order valence-corrected chi connectivity index (χ0v) is 19.5. The number of carbonyl (C=O) groups excluding carboxylic acids is 2. The summed E-state index contributed by atoms with van der Waals surface area (Å²) in [6, 6.07) is 24.9. The highest BCUT2D eigenvalue weighted by molar-refractivity contribution is 8.00. The zero-order valence-electron chi connectivity index (χ0n) is 18.6. The molecule has 0 fully saturated rings. The molecule has 4 rings (SSSR count). The fraction of sp³-hybridized carbons (Fsp3) is 0.154. The van der Waals surface area contributed by atoms with Crippen molar-refractivity contribution in [2.45, 2.75) is 31.2 Å². The van der Waals surface area contributed by atoms with E-state index in [1.165, 1.54) is 18.7 Å². The Labute approximate surface area is 197 Å². The Hall–Kier alpha value is -3.71. The summed E-state index contributed by atoms with van der Waals surface area (Å²) in [5.41, 5.74) is 4.26. The van der Waals surface area contributed by atoms with Crippen LogP contribution in [0.2, 0.25) is 0 Å². The molecule has 0 spiro atoms. The smallest absolute Gasteiger partial charge is 0.237 e. The van der Waals surface area contributed by atoms with Gasteiger partial charge in [-0.2, -0.15) is 0 Å². The lowest BCUT2D eigenvalue weighted by molar-refractivity contribution is -0.115. The van der Waals surface area contributed by atoms with E-state index in [0.29, 0.717) is 16.4 Å². The maximum atomic E-state index is 12.8. The number of nitrogens with one attached hydrogen (secondary N) is 1. The summed E-state index contributed by atoms with van der Waals surface area (Å²) in [6.07, 6.45) is 0. The van der Waals surface area contributed by atoms with Gasteiger partial charge in [0, 0.05) is 22.5 Å². The molecule has 4 aromatic rings. The second-order valence-electron chi connectivity index (χ2n) is 7.73. The van der Waals surface area contributed by atoms with Gasteiger partial charge in [0.1, 0.15) is 0 Å². The third kappa shape index (κ3) is 5.21. The summed E-state index contributed by atoms with van der Waals surface area (Å²) in [5.74, 6) is 0.552. The third-order valence-electron chi connectivity index (χ3n) is 5.13. The van der Waals surface area contributed by atoms with Crippen LogP contribution in [-0.4, -0.2) is 31.7 Å². The lowest BCUT2D eigenvalue weighted by Gasteiger charge is -2.14. The first-order valence-electron chi connectivity index (χ1n) is 10.6. The quantitative estimate of drug-likeness (QED) is 0.291. The van der Waals surface area contributed by atoms with Gasteiger partial charge in [0.05, 0.1) is 5.25 Å². The molecule has 1 atom stereocenters. The Balaban J connectivity index is 1.59. The highest BCUT2D eigenvalue weighted by atomic mass is 32.2. The van der Waals surface area contributed by atoms with Gasteiger partial charge in [-0.25, -0.2) is 0 Å². The third-order valence-corrected chi connectivity index (χ3v) is 6.18. The highest BCUT2D eigenvalue weighted by Gasteiger charge is 2.22. The van der Waals surface area contributed by atoms with Crippen molar-refractivity contribution >= 4 is 29.1 Å². The minimum absolute atomic E-state index is 0.0125. The Bertz CT molecular complexity index is 1280. The normalized spacial score (nSPS) is 11.7. The Morgan fingerprint density at radius 1 is 0.939 bits per heavy atom. The molecule has 0 radical (unpaired) electrons. The molecule has 1 N–H and O–H groups in total. The van der Waals surface area contributed by atoms with Crippen LogP contribution in [0.5, 0.6) is 0 Å². The van der Waals surface area contributed by atoms with Crippen LogP contribution in [-0.2, 0) is 4.79 Å². The second-order valence-corrected chi connectivity index (χ2v) is 9.04. The van der Waals surface area contributed by atoms with Gasteiger partial charge in [-0.3, -0.25) is 14.2 Å². The van der Waals surface area contributed by atoms with E-state index in [4.69, 9.17) is 0 Å². The first-order chi connectivity index (χ1) is 15.9. The zero-order chi connectivity index (χ0) is 23.4. The number of aromatic nitrogens is 3. The van der Waals surface area contributed by atoms with Crippen molar-refractivity contribution in [3.8, 4) is 17.1 Å². The predicted molar refractivity (Wildman–Crippen MR) is 132 cm³/mol. The minimum atomic E-state index is -0.422. The van der Waals surface area contributed by atoms with Gasteiger partial charge in [-0.15, -0.1) is 10.2 Å². The largest absolute Gasteiger partial charge is 0.325 e. The van der Waals surface area contributed by atoms with Gasteiger partial charge in [0.2, 0.25) is 5.91 Å². The van der Waals surface area contributed by atoms with E-state index < -0.39 is 5.25 Å². The molecular formula is C26H24N4O2S. The van der Waals surface area contributed by atoms with Crippen LogP contribution < -0.4 is 5.32 Å². The van der Waals surface area contributed by atoms with Gasteiger partial charge >= 0.3 is 0 Å². The number of nitrogens with zero attached hydrogens (tertiary/aromatic N) is 3. The molecule has 0 saturated carbocycles. The van der Waals surface area contributed by atoms with Crippen LogP contribution in [0.4, 0.5) is 5.69 Å². The van der Waals surface area contributed by atoms with Crippen LogP contribution in [0, 0.1) is 6.92 Å². The number of para-hydroxylation sites is 1. The fourth-order valence-electron chi connectivity index (χ4n) is 3.37. The summed E-state index contributed by atoms with van der Waals surface area (Å²) in [6.45, 7) is 5.39. The predicted octanol–water partition coefficient (Wildman–Crippen LogP) is 5.56. The second kappa shape index (κ2) is 9.83. The van der Waals surface area contributed by atoms with Crippen LogP contribution in [0.1, 0.15) is 29.8 Å². The van der Waals surface area contributed by atoms with Crippen molar-refractivity contribution in [2.75, 3.05) is 5.32 Å². The number of hydrogen-bond donors (Lipinski definition) is 1. The van der Waals surface area contributed by atoms with Gasteiger partial charge in [-0.1, -0.05) is 53.7 Å². The van der Waals surface area contributed by atoms with Crippen molar-refractivity contribution in [1.29, 1.82) is 0 Å². The molecule has 0 aliphatic heterocycles. The lowest BCUT2D eigenvalue weighted by Crippen LogP contribution is -2.23. The number of thioether (sulfide) groups is 1. The highest BCUT2D eigenvalue weighted by Crippen LogP contribution is 2.30. The summed E-state index contributed by atoms with van der Waals surface area (Å²) >= 11 is 1.34. The van der Waals surface area contributed by atoms with E-state index in [1.807, 2.05) is 66.9 Å². The van der Waals surface area contributed by atoms with Crippen molar-refractivity contribution in [3.05, 3.63) is 90.0 Å². The van der Waals surface area contributed by atoms with Crippen LogP contribution in [0.15, 0.2) is 84.0 Å². The number of rotatable bonds is 7. The summed E-state index contributed by atoms with van der Waals surface area (Å²) in [5, 5.41) is 12.0. The van der Waals surface area contributed by atoms with Crippen LogP contribution in [0.3, 0.4) is 0 Å². The number of carbonyl (C=O) groups is 2. The monoisotopic (exact) mass is 456 g/mol. The van der Waals surface area contributed by atoms with Crippen LogP contribution >= 0.6 is 11.8 Å². The number of anilines is 1. The SMILES string of the molecule is CC(=O)c1ccc(NC(=O)[C@H](C)Sc2nnc(-c3cccc(C)c3)n2-c2ccccc2)cc1. The van der Waals surface area contributed by atoms with Crippen molar-refractivity contribution in [2.24, 2.45) is 0 Å². The topological polar surface area (TPSA) is 76.9 Å². The molecule has 1 aromatic heterocycles. The minimum Gasteiger partial charge on any atom is -0.325 e. The number of amides is 1. The van der Waals surface area contributed by atoms with E-state index in [0.717, 1.165) is 22.6 Å². The van der Waals surface area contributed by atoms with Gasteiger partial charge in [-0.05, 0) is 63.2 Å². The number of Topliss-reactive ketones (excluding diaryl/α,β-unsaturated/α-hetero) is 1. The maximum absolute atomic E-state index is 12.8. The maximum Gasteiger partial charge on any atom is 0.237 e. The molecular weight excluding hydrogens is 432 g/mol. The van der Waals surface area contributed by atoms with E-state index >= 15 is 0 Å². The molecule has 7 heteroatoms. The Morgan fingerprint density at radius 2 is 1.67 bits per heavy atom. The molecule has 0 aliphatic carbocycles. The van der Waals surface area contributed by atoms with E-state index in [9.17, 15) is 9.59 Å². The summed E-state index contributed by atoms with van der Waals surface area (Å²) in [4.78, 5) is 24.3. The molecule has 3 aromatic carbocycles. The van der Waals surface area contributed by atoms with Crippen molar-refractivity contribution < 1.29 is 9.59 Å². The van der Waals surface area contributed by atoms with Crippen LogP contribution in [0.25, 0.3) is 17.1 Å². The summed E-state index contributed by atoms with van der Waals surface area (Å²) in [7, 11) is 0. The Kier molecular flexibility index (Phi) is 6.70. The van der Waals surface area contributed by atoms with Gasteiger partial charge in [0.25, 0.3) is 0 Å². The molecule has 6 nitrogen and oxygen atoms in total. The lowest BCUT2D eigenvalue weighted by atomic mass is 10.1. The molecule has 1 amide bonds. The fourth-order valence-corrected chi connectivity index (χ4v) is 4.24. The molecule has 166 valence electrons. The van der Waals surface area contributed by atoms with Crippen molar-refractivity contribution in [3.63, 3.8) is 0 Å². The standard InChI is InChI=1S/C26H24N4O2S/c1-17-8-7-9-21(16-17)24-28-29-26(30(24)23-10-5-4-6-11-23)33-19(3)25(32)27-22-14-12-20(13-15-22)18(2)31/h4-16,19H,1-3H3,(H,27,32)/t19-/m0/s1. The number of hydrogen-bond acceptors (Lipinski definition) is 5. The van der Waals surface area contributed by atoms with E-state index in [-0.39, 0.29) is 11.7 Å². The molecule has 0 saturated heterocycles. The first-order valence-corrected chi connectivity index (χ1v) is 11.5. The molecule has 0 bridgehead atoms. The van der Waals surface area contributed by atoms with Crippen molar-refractivity contribution in [1.82, 2.24) is 14.8 Å². The Morgan fingerprint density at radius 3 is 2.33 bits per heavy atom. The molecule has 0 aliphatic rings. The molecule has 0 unspecified atom stereocenters. The van der Waals surface area contributed by atoms with E-state index in [2.05, 4.69) is 21.6 Å². The first kappa shape index (κ1) is 22.5. The number of benzene rings is 3. The van der Waals surface area contributed by atoms with E-state index in [1.54, 1.807) is 24.3 Å². The number of aryl methyl sites for hydroxylation is 1. The molecule has 1 heterocycles. The average molecular weight is 457 g/mol. The average Bonchev–Trinajstić information content (AvgIpc) is 3.23. The van der Waals surface area contributed by atoms with Gasteiger partial charge < -0.3 is 5.32 Å². The van der Waals surface area contributed by atoms with Gasteiger partial charge in [0.15, 0.2) is 16.8 Å². The number of ketones is 1.